The van der Waals surface area contributed by atoms with E-state index in [1.54, 1.807) is 0 Å². The second-order valence-corrected chi connectivity index (χ2v) is 7.98. The number of carboxylic acids is 1. The van der Waals surface area contributed by atoms with Crippen LogP contribution >= 0.6 is 0 Å². The van der Waals surface area contributed by atoms with E-state index in [2.05, 4.69) is 29.5 Å². The lowest BCUT2D eigenvalue weighted by molar-refractivity contribution is -0.139. The molecule has 1 fully saturated rings. The van der Waals surface area contributed by atoms with Crippen LogP contribution < -0.4 is 5.32 Å². The zero-order valence-electron chi connectivity index (χ0n) is 16.7. The third-order valence-corrected chi connectivity index (χ3v) is 6.05. The second kappa shape index (κ2) is 7.99. The highest BCUT2D eigenvalue weighted by Gasteiger charge is 2.38. The van der Waals surface area contributed by atoms with Gasteiger partial charge in [-0.2, -0.15) is 5.10 Å². The molecule has 0 unspecified atom stereocenters. The van der Waals surface area contributed by atoms with Crippen LogP contribution in [-0.4, -0.2) is 45.5 Å². The van der Waals surface area contributed by atoms with E-state index in [0.29, 0.717) is 31.7 Å². The number of nitrogens with zero attached hydrogens (tertiary/aromatic N) is 2. The largest absolute Gasteiger partial charge is 0.481 e. The zero-order chi connectivity index (χ0) is 20.4. The van der Waals surface area contributed by atoms with Gasteiger partial charge in [0, 0.05) is 24.5 Å². The fraction of sp³-hybridized carbons (Fsp3) is 0.500. The number of aryl methyl sites for hydroxylation is 1. The van der Waals surface area contributed by atoms with Crippen molar-refractivity contribution < 1.29 is 19.4 Å². The van der Waals surface area contributed by atoms with Crippen molar-refractivity contribution in [1.29, 1.82) is 0 Å². The van der Waals surface area contributed by atoms with Crippen molar-refractivity contribution in [2.45, 2.75) is 57.4 Å². The summed E-state index contributed by atoms with van der Waals surface area (Å²) in [6.45, 7) is 3.01. The molecule has 1 aliphatic carbocycles. The summed E-state index contributed by atoms with van der Waals surface area (Å²) in [5, 5.41) is 17.0. The number of carboxylic acid groups (broad SMARTS) is 1. The molecule has 2 aliphatic rings. The van der Waals surface area contributed by atoms with Gasteiger partial charge in [-0.3, -0.25) is 9.59 Å². The highest BCUT2D eigenvalue weighted by Crippen LogP contribution is 2.30. The minimum atomic E-state index is -0.918. The van der Waals surface area contributed by atoms with Gasteiger partial charge >= 0.3 is 5.97 Å². The smallest absolute Gasteiger partial charge is 0.305 e. The molecule has 1 amide bonds. The number of hydrogen-bond donors (Lipinski definition) is 2. The number of carbonyl (C=O) groups excluding carboxylic acids is 1. The van der Waals surface area contributed by atoms with E-state index < -0.39 is 11.5 Å². The van der Waals surface area contributed by atoms with Gasteiger partial charge in [0.25, 0.3) is 5.91 Å². The highest BCUT2D eigenvalue weighted by molar-refractivity contribution is 5.95. The number of aromatic nitrogens is 2. The number of hydrogen-bond acceptors (Lipinski definition) is 4. The average Bonchev–Trinajstić information content (AvgIpc) is 3.30. The Morgan fingerprint density at radius 2 is 1.93 bits per heavy atom. The summed E-state index contributed by atoms with van der Waals surface area (Å²) in [5.41, 5.74) is 3.92. The second-order valence-electron chi connectivity index (χ2n) is 7.98. The Morgan fingerprint density at radius 3 is 2.59 bits per heavy atom. The van der Waals surface area contributed by atoms with E-state index in [-0.39, 0.29) is 12.3 Å². The third-order valence-electron chi connectivity index (χ3n) is 6.05. The molecule has 4 rings (SSSR count). The monoisotopic (exact) mass is 397 g/mol. The number of aliphatic carboxylic acids is 1. The van der Waals surface area contributed by atoms with Gasteiger partial charge in [-0.25, -0.2) is 4.68 Å². The van der Waals surface area contributed by atoms with Crippen LogP contribution in [0.25, 0.3) is 5.69 Å². The molecule has 0 bridgehead atoms. The van der Waals surface area contributed by atoms with Gasteiger partial charge in [-0.15, -0.1) is 0 Å². The Labute approximate surface area is 170 Å². The van der Waals surface area contributed by atoms with E-state index >= 15 is 0 Å². The zero-order valence-corrected chi connectivity index (χ0v) is 16.7. The first-order chi connectivity index (χ1) is 14.0. The number of ether oxygens (including phenoxy) is 1. The molecule has 1 aromatic carbocycles. The molecule has 0 radical (unpaired) electrons. The number of fused-ring (bicyclic) bond motifs is 1. The fourth-order valence-corrected chi connectivity index (χ4v) is 4.40. The first-order valence-corrected chi connectivity index (χ1v) is 10.3. The first-order valence-electron chi connectivity index (χ1n) is 10.3. The molecule has 0 saturated carbocycles. The van der Waals surface area contributed by atoms with Gasteiger partial charge in [-0.05, 0) is 56.2 Å². The normalized spacial score (nSPS) is 17.7. The summed E-state index contributed by atoms with van der Waals surface area (Å²) in [6, 6.07) is 8.25. The highest BCUT2D eigenvalue weighted by atomic mass is 16.5. The van der Waals surface area contributed by atoms with Crippen LogP contribution in [0, 0.1) is 0 Å². The molecular formula is C22H27N3O4. The van der Waals surface area contributed by atoms with E-state index in [9.17, 15) is 14.7 Å². The minimum absolute atomic E-state index is 0.108. The Hall–Kier alpha value is -2.67. The molecule has 1 saturated heterocycles. The molecule has 0 atom stereocenters. The maximum atomic E-state index is 13.2. The molecule has 7 heteroatoms. The van der Waals surface area contributed by atoms with Gasteiger partial charge in [0.2, 0.25) is 0 Å². The average molecular weight is 397 g/mol. The number of amides is 1. The first kappa shape index (κ1) is 19.6. The van der Waals surface area contributed by atoms with Crippen molar-refractivity contribution in [1.82, 2.24) is 15.1 Å². The van der Waals surface area contributed by atoms with Crippen LogP contribution in [0.4, 0.5) is 0 Å². The lowest BCUT2D eigenvalue weighted by atomic mass is 9.86. The van der Waals surface area contributed by atoms with Gasteiger partial charge in [0.15, 0.2) is 5.69 Å². The third kappa shape index (κ3) is 3.92. The molecule has 154 valence electrons. The predicted octanol–water partition coefficient (Wildman–Crippen LogP) is 2.68. The van der Waals surface area contributed by atoms with Crippen molar-refractivity contribution >= 4 is 11.9 Å². The van der Waals surface area contributed by atoms with Crippen LogP contribution in [0.3, 0.4) is 0 Å². The number of carbonyl (C=O) groups is 2. The summed E-state index contributed by atoms with van der Waals surface area (Å²) >= 11 is 0. The Balaban J connectivity index is 1.64. The summed E-state index contributed by atoms with van der Waals surface area (Å²) in [7, 11) is 0. The lowest BCUT2D eigenvalue weighted by Gasteiger charge is -2.36. The summed E-state index contributed by atoms with van der Waals surface area (Å²) in [6.07, 6.45) is 4.55. The van der Waals surface area contributed by atoms with Gasteiger partial charge < -0.3 is 15.2 Å². The number of benzene rings is 1. The Morgan fingerprint density at radius 1 is 1.21 bits per heavy atom. The molecule has 2 heterocycles. The molecule has 1 aliphatic heterocycles. The van der Waals surface area contributed by atoms with Gasteiger partial charge in [0.05, 0.1) is 17.6 Å². The van der Waals surface area contributed by atoms with Crippen LogP contribution in [0.1, 0.15) is 59.9 Å². The van der Waals surface area contributed by atoms with E-state index in [0.717, 1.165) is 42.6 Å². The Kier molecular flexibility index (Phi) is 5.41. The quantitative estimate of drug-likeness (QED) is 0.782. The van der Waals surface area contributed by atoms with Crippen molar-refractivity contribution in [3.05, 3.63) is 46.8 Å². The van der Waals surface area contributed by atoms with E-state index in [1.807, 2.05) is 16.8 Å². The fourth-order valence-electron chi connectivity index (χ4n) is 4.40. The van der Waals surface area contributed by atoms with Gasteiger partial charge in [0.1, 0.15) is 0 Å². The molecule has 2 N–H and O–H groups in total. The molecule has 29 heavy (non-hydrogen) atoms. The van der Waals surface area contributed by atoms with Gasteiger partial charge in [-0.1, -0.05) is 19.1 Å². The maximum absolute atomic E-state index is 13.2. The molecule has 1 aromatic heterocycles. The summed E-state index contributed by atoms with van der Waals surface area (Å²) in [5.74, 6) is -1.20. The minimum Gasteiger partial charge on any atom is -0.481 e. The predicted molar refractivity (Wildman–Crippen MR) is 107 cm³/mol. The SMILES string of the molecule is CCc1ccc(-n2nc(C(=O)NC3(CC(=O)O)CCOCC3)c3c2CCC3)cc1. The van der Waals surface area contributed by atoms with Crippen LogP contribution in [0.15, 0.2) is 24.3 Å². The number of rotatable bonds is 6. The molecule has 7 nitrogen and oxygen atoms in total. The van der Waals surface area contributed by atoms with E-state index in [4.69, 9.17) is 4.74 Å². The maximum Gasteiger partial charge on any atom is 0.305 e. The molecule has 0 spiro atoms. The summed E-state index contributed by atoms with van der Waals surface area (Å²) in [4.78, 5) is 24.6. The number of nitrogens with one attached hydrogen (secondary N) is 1. The van der Waals surface area contributed by atoms with Crippen molar-refractivity contribution in [3.8, 4) is 5.69 Å². The lowest BCUT2D eigenvalue weighted by Crippen LogP contribution is -2.53. The van der Waals surface area contributed by atoms with Crippen LogP contribution in [-0.2, 0) is 28.8 Å². The van der Waals surface area contributed by atoms with Crippen molar-refractivity contribution in [2.24, 2.45) is 0 Å². The van der Waals surface area contributed by atoms with Crippen LogP contribution in [0.5, 0.6) is 0 Å². The Bertz CT molecular complexity index is 911. The van der Waals surface area contributed by atoms with Crippen molar-refractivity contribution in [3.63, 3.8) is 0 Å². The topological polar surface area (TPSA) is 93.5 Å². The standard InChI is InChI=1S/C22H27N3O4/c1-2-15-6-8-16(9-7-15)25-18-5-3-4-17(18)20(24-25)21(28)23-22(14-19(26)27)10-12-29-13-11-22/h6-9H,2-5,10-14H2,1H3,(H,23,28)(H,26,27). The van der Waals surface area contributed by atoms with Crippen molar-refractivity contribution in [2.75, 3.05) is 13.2 Å². The summed E-state index contributed by atoms with van der Waals surface area (Å²) < 4.78 is 7.26. The molecular weight excluding hydrogens is 370 g/mol. The van der Waals surface area contributed by atoms with Crippen LogP contribution in [0.2, 0.25) is 0 Å². The van der Waals surface area contributed by atoms with E-state index in [1.165, 1.54) is 5.56 Å². The molecule has 2 aromatic rings.